The van der Waals surface area contributed by atoms with E-state index in [1.54, 1.807) is 12.1 Å². The van der Waals surface area contributed by atoms with Crippen LogP contribution in [-0.2, 0) is 4.79 Å². The summed E-state index contributed by atoms with van der Waals surface area (Å²) in [6.45, 7) is 2.93. The Bertz CT molecular complexity index is 588. The van der Waals surface area contributed by atoms with Crippen LogP contribution in [0.15, 0.2) is 24.8 Å². The quantitative estimate of drug-likeness (QED) is 0.858. The van der Waals surface area contributed by atoms with Crippen LogP contribution in [0.5, 0.6) is 5.06 Å². The fourth-order valence-corrected chi connectivity index (χ4v) is 2.96. The second kappa shape index (κ2) is 6.43. The van der Waals surface area contributed by atoms with E-state index in [0.717, 1.165) is 17.4 Å². The summed E-state index contributed by atoms with van der Waals surface area (Å²) >= 11 is 1.15. The Morgan fingerprint density at radius 2 is 2.27 bits per heavy atom. The molecule has 2 amide bonds. The Labute approximate surface area is 130 Å². The van der Waals surface area contributed by atoms with Gasteiger partial charge in [0.1, 0.15) is 6.04 Å². The minimum absolute atomic E-state index is 0.0630. The van der Waals surface area contributed by atoms with Gasteiger partial charge in [0.15, 0.2) is 5.06 Å². The molecule has 1 aromatic heterocycles. The van der Waals surface area contributed by atoms with E-state index >= 15 is 0 Å². The van der Waals surface area contributed by atoms with Gasteiger partial charge in [-0.15, -0.1) is 0 Å². The van der Waals surface area contributed by atoms with Gasteiger partial charge in [-0.3, -0.25) is 9.59 Å². The van der Waals surface area contributed by atoms with Crippen LogP contribution in [0.4, 0.5) is 8.78 Å². The minimum Gasteiger partial charge on any atom is -0.487 e. The average molecular weight is 330 g/mol. The third-order valence-electron chi connectivity index (χ3n) is 3.41. The molecule has 1 unspecified atom stereocenters. The number of nitrogens with one attached hydrogen (secondary N) is 1. The van der Waals surface area contributed by atoms with Gasteiger partial charge >= 0.3 is 0 Å². The molecule has 2 heterocycles. The van der Waals surface area contributed by atoms with E-state index in [1.807, 2.05) is 0 Å². The van der Waals surface area contributed by atoms with Gasteiger partial charge in [-0.1, -0.05) is 17.9 Å². The Morgan fingerprint density at radius 3 is 2.86 bits per heavy atom. The van der Waals surface area contributed by atoms with E-state index in [1.165, 1.54) is 12.0 Å². The van der Waals surface area contributed by atoms with Gasteiger partial charge in [-0.05, 0) is 18.2 Å². The van der Waals surface area contributed by atoms with Crippen molar-refractivity contribution in [3.63, 3.8) is 0 Å². The summed E-state index contributed by atoms with van der Waals surface area (Å²) in [4.78, 5) is 25.3. The van der Waals surface area contributed by atoms with Crippen LogP contribution in [-0.4, -0.2) is 48.9 Å². The topological polar surface area (TPSA) is 58.6 Å². The van der Waals surface area contributed by atoms with Crippen molar-refractivity contribution in [1.29, 1.82) is 0 Å². The number of amides is 2. The molecule has 2 rings (SSSR count). The molecule has 1 N–H and O–H groups in total. The van der Waals surface area contributed by atoms with Crippen LogP contribution in [0.2, 0.25) is 0 Å². The number of likely N-dealkylation sites (tertiary alicyclic amines) is 1. The molecule has 1 aliphatic heterocycles. The second-order valence-electron chi connectivity index (χ2n) is 4.85. The zero-order valence-corrected chi connectivity index (χ0v) is 12.8. The van der Waals surface area contributed by atoms with Gasteiger partial charge in [-0.25, -0.2) is 8.78 Å². The highest BCUT2D eigenvalue weighted by molar-refractivity contribution is 7.15. The number of hydrogen-bond acceptors (Lipinski definition) is 4. The van der Waals surface area contributed by atoms with Crippen molar-refractivity contribution in [3.8, 4) is 5.06 Å². The third kappa shape index (κ3) is 3.44. The summed E-state index contributed by atoms with van der Waals surface area (Å²) in [6, 6.07) is 1.82. The van der Waals surface area contributed by atoms with Crippen molar-refractivity contribution in [3.05, 3.63) is 29.7 Å². The van der Waals surface area contributed by atoms with Crippen molar-refractivity contribution < 1.29 is 23.1 Å². The number of ether oxygens (including phenoxy) is 1. The van der Waals surface area contributed by atoms with Crippen LogP contribution in [0, 0.1) is 0 Å². The number of alkyl halides is 2. The molecule has 120 valence electrons. The number of halogens is 2. The number of piperidine rings is 1. The molecule has 0 aromatic carbocycles. The van der Waals surface area contributed by atoms with Gasteiger partial charge in [0, 0.05) is 19.5 Å². The van der Waals surface area contributed by atoms with E-state index in [0.29, 0.717) is 9.94 Å². The van der Waals surface area contributed by atoms with Crippen molar-refractivity contribution in [2.24, 2.45) is 0 Å². The first kappa shape index (κ1) is 16.4. The normalized spacial score (nSPS) is 20.3. The molecular weight excluding hydrogens is 314 g/mol. The molecule has 0 aliphatic carbocycles. The Hall–Kier alpha value is -1.96. The molecule has 0 spiro atoms. The third-order valence-corrected chi connectivity index (χ3v) is 4.44. The van der Waals surface area contributed by atoms with Gasteiger partial charge in [0.05, 0.1) is 12.0 Å². The molecule has 1 aliphatic rings. The van der Waals surface area contributed by atoms with Crippen LogP contribution >= 0.6 is 11.3 Å². The predicted octanol–water partition coefficient (Wildman–Crippen LogP) is 1.91. The standard InChI is InChI=1S/C14H16F2N2O3S/c1-3-11(19)17-10-8-18(7-6-14(10,15)16)13(20)9-4-5-12(21-2)22-9/h3-5,10H,1,6-8H2,2H3,(H,17,19). The van der Waals surface area contributed by atoms with E-state index in [2.05, 4.69) is 11.9 Å². The average Bonchev–Trinajstić information content (AvgIpc) is 2.97. The molecule has 5 nitrogen and oxygen atoms in total. The molecule has 0 bridgehead atoms. The number of nitrogens with zero attached hydrogens (tertiary/aromatic N) is 1. The lowest BCUT2D eigenvalue weighted by Crippen LogP contribution is -2.59. The lowest BCUT2D eigenvalue weighted by atomic mass is 10.0. The van der Waals surface area contributed by atoms with E-state index in [-0.39, 0.29) is 19.0 Å². The molecule has 1 fully saturated rings. The predicted molar refractivity (Wildman–Crippen MR) is 78.5 cm³/mol. The van der Waals surface area contributed by atoms with Crippen LogP contribution in [0.25, 0.3) is 0 Å². The minimum atomic E-state index is -3.05. The zero-order valence-electron chi connectivity index (χ0n) is 12.0. The Balaban J connectivity index is 2.10. The number of carbonyl (C=O) groups is 2. The summed E-state index contributed by atoms with van der Waals surface area (Å²) in [7, 11) is 1.49. The highest BCUT2D eigenvalue weighted by Gasteiger charge is 2.46. The molecular formula is C14H16F2N2O3S. The van der Waals surface area contributed by atoms with E-state index < -0.39 is 24.3 Å². The summed E-state index contributed by atoms with van der Waals surface area (Å²) in [6.07, 6.45) is 0.435. The maximum Gasteiger partial charge on any atom is 0.271 e. The first-order chi connectivity index (χ1) is 10.4. The molecule has 1 saturated heterocycles. The summed E-state index contributed by atoms with van der Waals surface area (Å²) in [5.41, 5.74) is 0. The number of thiophene rings is 1. The maximum absolute atomic E-state index is 13.9. The second-order valence-corrected chi connectivity index (χ2v) is 5.90. The highest BCUT2D eigenvalue weighted by atomic mass is 32.1. The first-order valence-electron chi connectivity index (χ1n) is 6.61. The fraction of sp³-hybridized carbons (Fsp3) is 0.429. The Kier molecular flexibility index (Phi) is 4.80. The van der Waals surface area contributed by atoms with Gasteiger partial charge in [-0.2, -0.15) is 0 Å². The largest absolute Gasteiger partial charge is 0.487 e. The smallest absolute Gasteiger partial charge is 0.271 e. The summed E-state index contributed by atoms with van der Waals surface area (Å²) < 4.78 is 32.7. The molecule has 22 heavy (non-hydrogen) atoms. The van der Waals surface area contributed by atoms with Crippen molar-refractivity contribution in [1.82, 2.24) is 10.2 Å². The highest BCUT2D eigenvalue weighted by Crippen LogP contribution is 2.31. The van der Waals surface area contributed by atoms with E-state index in [9.17, 15) is 18.4 Å². The SMILES string of the molecule is C=CC(=O)NC1CN(C(=O)c2ccc(OC)s2)CCC1(F)F. The lowest BCUT2D eigenvalue weighted by molar-refractivity contribution is -0.124. The summed E-state index contributed by atoms with van der Waals surface area (Å²) in [5.74, 6) is -4.08. The van der Waals surface area contributed by atoms with Crippen molar-refractivity contribution >= 4 is 23.2 Å². The molecule has 8 heteroatoms. The molecule has 1 atom stereocenters. The maximum atomic E-state index is 13.9. The number of hydrogen-bond donors (Lipinski definition) is 1. The van der Waals surface area contributed by atoms with Crippen molar-refractivity contribution in [2.75, 3.05) is 20.2 Å². The lowest BCUT2D eigenvalue weighted by Gasteiger charge is -2.38. The van der Waals surface area contributed by atoms with Crippen LogP contribution in [0.1, 0.15) is 16.1 Å². The molecule has 0 saturated carbocycles. The Morgan fingerprint density at radius 1 is 1.55 bits per heavy atom. The van der Waals surface area contributed by atoms with Gasteiger partial charge in [0.25, 0.3) is 11.8 Å². The van der Waals surface area contributed by atoms with Crippen molar-refractivity contribution in [2.45, 2.75) is 18.4 Å². The number of rotatable bonds is 4. The monoisotopic (exact) mass is 330 g/mol. The fourth-order valence-electron chi connectivity index (χ4n) is 2.17. The molecule has 0 radical (unpaired) electrons. The first-order valence-corrected chi connectivity index (χ1v) is 7.43. The molecule has 1 aromatic rings. The van der Waals surface area contributed by atoms with Crippen LogP contribution in [0.3, 0.4) is 0 Å². The van der Waals surface area contributed by atoms with Gasteiger partial charge in [0.2, 0.25) is 5.91 Å². The zero-order chi connectivity index (χ0) is 16.3. The summed E-state index contributed by atoms with van der Waals surface area (Å²) in [5, 5.41) is 2.76. The number of methoxy groups -OCH3 is 1. The van der Waals surface area contributed by atoms with E-state index in [4.69, 9.17) is 4.74 Å². The van der Waals surface area contributed by atoms with Crippen LogP contribution < -0.4 is 10.1 Å². The number of carbonyl (C=O) groups excluding carboxylic acids is 2. The van der Waals surface area contributed by atoms with Gasteiger partial charge < -0.3 is 15.0 Å².